The average Bonchev–Trinajstić information content (AvgIpc) is 2.47. The number of rotatable bonds is 3. The van der Waals surface area contributed by atoms with Crippen molar-refractivity contribution in [2.45, 2.75) is 19.3 Å². The highest BCUT2D eigenvalue weighted by Gasteiger charge is 2.15. The maximum absolute atomic E-state index is 11.9. The molecule has 0 bridgehead atoms. The van der Waals surface area contributed by atoms with E-state index in [1.54, 1.807) is 0 Å². The maximum atomic E-state index is 11.9. The van der Waals surface area contributed by atoms with Crippen LogP contribution in [-0.2, 0) is 4.79 Å². The molecule has 1 aliphatic rings. The summed E-state index contributed by atoms with van der Waals surface area (Å²) < 4.78 is 0. The smallest absolute Gasteiger partial charge is 0.244 e. The highest BCUT2D eigenvalue weighted by molar-refractivity contribution is 5.93. The molecule has 1 amide bonds. The number of para-hydroxylation sites is 1. The predicted molar refractivity (Wildman–Crippen MR) is 77.0 cm³/mol. The number of nitrogens with two attached hydrogens (primary N) is 1. The zero-order chi connectivity index (χ0) is 13.5. The number of carbonyl (C=O) groups excluding carboxylic acids is 1. The van der Waals surface area contributed by atoms with E-state index in [1.165, 1.54) is 6.42 Å². The van der Waals surface area contributed by atoms with Crippen LogP contribution < -0.4 is 11.1 Å². The van der Waals surface area contributed by atoms with Gasteiger partial charge in [0.2, 0.25) is 5.91 Å². The van der Waals surface area contributed by atoms with Gasteiger partial charge in [0.25, 0.3) is 0 Å². The van der Waals surface area contributed by atoms with Gasteiger partial charge < -0.3 is 16.0 Å². The fourth-order valence-electron chi connectivity index (χ4n) is 2.11. The van der Waals surface area contributed by atoms with Gasteiger partial charge in [0, 0.05) is 18.8 Å². The van der Waals surface area contributed by atoms with Gasteiger partial charge in [-0.2, -0.15) is 0 Å². The fraction of sp³-hybridized carbons (Fsp3) is 0.429. The molecule has 1 heterocycles. The SMILES string of the molecule is NC(=NCC(=O)N1CCCCC1)Nc1ccccc1. The van der Waals surface area contributed by atoms with Gasteiger partial charge in [0.1, 0.15) is 6.54 Å². The third kappa shape index (κ3) is 4.28. The molecule has 3 N–H and O–H groups in total. The van der Waals surface area contributed by atoms with E-state index in [1.807, 2.05) is 35.2 Å². The van der Waals surface area contributed by atoms with Gasteiger partial charge in [-0.1, -0.05) is 18.2 Å². The van der Waals surface area contributed by atoms with Gasteiger partial charge in [-0.15, -0.1) is 0 Å². The number of hydrogen-bond acceptors (Lipinski definition) is 2. The number of likely N-dealkylation sites (tertiary alicyclic amines) is 1. The van der Waals surface area contributed by atoms with Gasteiger partial charge in [0.15, 0.2) is 5.96 Å². The quantitative estimate of drug-likeness (QED) is 0.638. The number of carbonyl (C=O) groups is 1. The highest BCUT2D eigenvalue weighted by Crippen LogP contribution is 2.08. The molecule has 5 nitrogen and oxygen atoms in total. The van der Waals surface area contributed by atoms with Crippen LogP contribution >= 0.6 is 0 Å². The molecule has 1 aromatic carbocycles. The lowest BCUT2D eigenvalue weighted by molar-refractivity contribution is -0.130. The lowest BCUT2D eigenvalue weighted by Gasteiger charge is -2.26. The minimum atomic E-state index is 0.0533. The van der Waals surface area contributed by atoms with E-state index in [2.05, 4.69) is 10.3 Å². The monoisotopic (exact) mass is 260 g/mol. The summed E-state index contributed by atoms with van der Waals surface area (Å²) in [6, 6.07) is 9.55. The van der Waals surface area contributed by atoms with Crippen molar-refractivity contribution in [3.05, 3.63) is 30.3 Å². The van der Waals surface area contributed by atoms with Gasteiger partial charge >= 0.3 is 0 Å². The number of piperidine rings is 1. The molecule has 0 aromatic heterocycles. The van der Waals surface area contributed by atoms with E-state index in [-0.39, 0.29) is 18.4 Å². The van der Waals surface area contributed by atoms with Crippen molar-refractivity contribution in [2.24, 2.45) is 10.7 Å². The summed E-state index contributed by atoms with van der Waals surface area (Å²) in [6.45, 7) is 1.81. The van der Waals surface area contributed by atoms with E-state index in [9.17, 15) is 4.79 Å². The van der Waals surface area contributed by atoms with E-state index in [4.69, 9.17) is 5.73 Å². The van der Waals surface area contributed by atoms with Gasteiger partial charge in [0.05, 0.1) is 0 Å². The normalized spacial score (nSPS) is 16.2. The molecule has 0 saturated carbocycles. The van der Waals surface area contributed by atoms with Crippen molar-refractivity contribution >= 4 is 17.6 Å². The molecule has 1 aliphatic heterocycles. The van der Waals surface area contributed by atoms with Crippen LogP contribution in [0.2, 0.25) is 0 Å². The second-order valence-corrected chi connectivity index (χ2v) is 4.63. The van der Waals surface area contributed by atoms with Crippen molar-refractivity contribution < 1.29 is 4.79 Å². The van der Waals surface area contributed by atoms with E-state index in [0.29, 0.717) is 0 Å². The Morgan fingerprint density at radius 2 is 1.89 bits per heavy atom. The second kappa shape index (κ2) is 6.78. The van der Waals surface area contributed by atoms with Crippen LogP contribution in [0, 0.1) is 0 Å². The lowest BCUT2D eigenvalue weighted by atomic mass is 10.1. The Kier molecular flexibility index (Phi) is 4.78. The molecule has 2 rings (SSSR count). The van der Waals surface area contributed by atoms with Crippen LogP contribution in [0.4, 0.5) is 5.69 Å². The average molecular weight is 260 g/mol. The maximum Gasteiger partial charge on any atom is 0.244 e. The number of nitrogens with zero attached hydrogens (tertiary/aromatic N) is 2. The van der Waals surface area contributed by atoms with Crippen LogP contribution in [0.5, 0.6) is 0 Å². The summed E-state index contributed by atoms with van der Waals surface area (Å²) in [5.74, 6) is 0.328. The molecule has 5 heteroatoms. The Morgan fingerprint density at radius 3 is 2.58 bits per heavy atom. The van der Waals surface area contributed by atoms with Crippen molar-refractivity contribution in [2.75, 3.05) is 25.0 Å². The zero-order valence-electron chi connectivity index (χ0n) is 11.0. The van der Waals surface area contributed by atoms with Crippen molar-refractivity contribution in [3.8, 4) is 0 Å². The summed E-state index contributed by atoms with van der Waals surface area (Å²) in [6.07, 6.45) is 3.39. The van der Waals surface area contributed by atoms with Crippen LogP contribution in [0.15, 0.2) is 35.3 Å². The molecule has 0 atom stereocenters. The molecule has 1 aromatic rings. The van der Waals surface area contributed by atoms with Crippen molar-refractivity contribution in [1.82, 2.24) is 4.90 Å². The topological polar surface area (TPSA) is 70.7 Å². The second-order valence-electron chi connectivity index (χ2n) is 4.63. The standard InChI is InChI=1S/C14H20N4O/c15-14(17-12-7-3-1-4-8-12)16-11-13(19)18-9-5-2-6-10-18/h1,3-4,7-8H,2,5-6,9-11H2,(H3,15,16,17). The number of anilines is 1. The number of guanidine groups is 1. The Morgan fingerprint density at radius 1 is 1.21 bits per heavy atom. The highest BCUT2D eigenvalue weighted by atomic mass is 16.2. The lowest BCUT2D eigenvalue weighted by Crippen LogP contribution is -2.37. The number of hydrogen-bond donors (Lipinski definition) is 2. The summed E-state index contributed by atoms with van der Waals surface area (Å²) in [5.41, 5.74) is 6.62. The summed E-state index contributed by atoms with van der Waals surface area (Å²) in [5, 5.41) is 2.96. The molecule has 1 saturated heterocycles. The summed E-state index contributed by atoms with van der Waals surface area (Å²) >= 11 is 0. The zero-order valence-corrected chi connectivity index (χ0v) is 11.0. The number of aliphatic imine (C=N–C) groups is 1. The Labute approximate surface area is 113 Å². The molecular weight excluding hydrogens is 240 g/mol. The van der Waals surface area contributed by atoms with Crippen molar-refractivity contribution in [3.63, 3.8) is 0 Å². The Balaban J connectivity index is 1.82. The van der Waals surface area contributed by atoms with Gasteiger partial charge in [-0.3, -0.25) is 4.79 Å². The first kappa shape index (κ1) is 13.4. The summed E-state index contributed by atoms with van der Waals surface area (Å²) in [4.78, 5) is 17.8. The number of benzene rings is 1. The number of amides is 1. The summed E-state index contributed by atoms with van der Waals surface area (Å²) in [7, 11) is 0. The van der Waals surface area contributed by atoms with Gasteiger partial charge in [-0.25, -0.2) is 4.99 Å². The fourth-order valence-corrected chi connectivity index (χ4v) is 2.11. The minimum Gasteiger partial charge on any atom is -0.370 e. The van der Waals surface area contributed by atoms with Gasteiger partial charge in [-0.05, 0) is 31.4 Å². The Hall–Kier alpha value is -2.04. The third-order valence-electron chi connectivity index (χ3n) is 3.14. The number of nitrogens with one attached hydrogen (secondary N) is 1. The molecule has 19 heavy (non-hydrogen) atoms. The minimum absolute atomic E-state index is 0.0533. The molecule has 0 radical (unpaired) electrons. The molecule has 0 spiro atoms. The van der Waals surface area contributed by atoms with E-state index in [0.717, 1.165) is 31.6 Å². The van der Waals surface area contributed by atoms with Crippen LogP contribution in [-0.4, -0.2) is 36.4 Å². The largest absolute Gasteiger partial charge is 0.370 e. The van der Waals surface area contributed by atoms with Crippen LogP contribution in [0.25, 0.3) is 0 Å². The van der Waals surface area contributed by atoms with Crippen molar-refractivity contribution in [1.29, 1.82) is 0 Å². The first-order valence-electron chi connectivity index (χ1n) is 6.65. The molecule has 0 aliphatic carbocycles. The van der Waals surface area contributed by atoms with Crippen LogP contribution in [0.1, 0.15) is 19.3 Å². The van der Waals surface area contributed by atoms with Crippen LogP contribution in [0.3, 0.4) is 0 Å². The van der Waals surface area contributed by atoms with E-state index < -0.39 is 0 Å². The first-order chi connectivity index (χ1) is 9.25. The molecule has 0 unspecified atom stereocenters. The first-order valence-corrected chi connectivity index (χ1v) is 6.65. The molecular formula is C14H20N4O. The third-order valence-corrected chi connectivity index (χ3v) is 3.14. The predicted octanol–water partition coefficient (Wildman–Crippen LogP) is 1.43. The van der Waals surface area contributed by atoms with E-state index >= 15 is 0 Å². The molecule has 1 fully saturated rings. The Bertz CT molecular complexity index is 438. The molecule has 102 valence electrons.